The van der Waals surface area contributed by atoms with Gasteiger partial charge >= 0.3 is 7.60 Å². The maximum Gasteiger partial charge on any atom is 0.375 e. The number of allylic oxidation sites excluding steroid dienone is 1. The number of rotatable bonds is 8. The van der Waals surface area contributed by atoms with E-state index >= 15 is 4.39 Å². The van der Waals surface area contributed by atoms with Gasteiger partial charge in [-0.3, -0.25) is 9.36 Å². The maximum atomic E-state index is 15.3. The summed E-state index contributed by atoms with van der Waals surface area (Å²) in [4.78, 5) is 12.6. The van der Waals surface area contributed by atoms with Crippen molar-refractivity contribution in [2.75, 3.05) is 13.2 Å². The minimum absolute atomic E-state index is 0.0258. The van der Waals surface area contributed by atoms with Crippen LogP contribution >= 0.6 is 7.60 Å². The number of carbonyl (C=O) groups is 1. The lowest BCUT2D eigenvalue weighted by molar-refractivity contribution is -0.121. The zero-order valence-electron chi connectivity index (χ0n) is 19.6. The average molecular weight is 443 g/mol. The van der Waals surface area contributed by atoms with Gasteiger partial charge in [0.2, 0.25) is 5.78 Å². The maximum absolute atomic E-state index is 15.3. The van der Waals surface area contributed by atoms with Gasteiger partial charge in [-0.1, -0.05) is 47.6 Å². The summed E-state index contributed by atoms with van der Waals surface area (Å²) < 4.78 is 38.1. The summed E-state index contributed by atoms with van der Waals surface area (Å²) in [6.07, 6.45) is 2.33. The summed E-state index contributed by atoms with van der Waals surface area (Å²) in [5.41, 5.74) is 1.54. The van der Waals surface area contributed by atoms with Crippen molar-refractivity contribution < 1.29 is 27.9 Å². The average Bonchev–Trinajstić information content (AvgIpc) is 2.58. The van der Waals surface area contributed by atoms with Crippen LogP contribution in [0.15, 0.2) is 18.2 Å². The van der Waals surface area contributed by atoms with E-state index in [9.17, 15) is 14.5 Å². The molecule has 0 fully saturated rings. The van der Waals surface area contributed by atoms with Crippen LogP contribution in [0.25, 0.3) is 6.08 Å². The number of halogens is 1. The molecule has 1 aromatic rings. The molecule has 1 atom stereocenters. The highest BCUT2D eigenvalue weighted by Crippen LogP contribution is 2.61. The van der Waals surface area contributed by atoms with E-state index in [2.05, 4.69) is 0 Å². The second-order valence-corrected chi connectivity index (χ2v) is 11.8. The van der Waals surface area contributed by atoms with E-state index in [0.717, 1.165) is 24.1 Å². The third kappa shape index (κ3) is 5.81. The molecule has 0 aliphatic heterocycles. The van der Waals surface area contributed by atoms with E-state index in [4.69, 9.17) is 9.05 Å². The molecular formula is C23H36FO5P. The number of phenols is 1. The van der Waals surface area contributed by atoms with Gasteiger partial charge in [0.05, 0.1) is 13.2 Å². The lowest BCUT2D eigenvalue weighted by Gasteiger charge is -2.27. The van der Waals surface area contributed by atoms with Crippen LogP contribution in [-0.2, 0) is 29.2 Å². The number of carbonyl (C=O) groups excluding carboxylic acids is 1. The van der Waals surface area contributed by atoms with Gasteiger partial charge in [-0.2, -0.15) is 0 Å². The fourth-order valence-electron chi connectivity index (χ4n) is 2.86. The van der Waals surface area contributed by atoms with Gasteiger partial charge in [-0.25, -0.2) is 4.39 Å². The number of phenolic OH excluding ortho intramolecular Hbond substituents is 1. The Bertz CT molecular complexity index is 834. The first kappa shape index (κ1) is 26.5. The van der Waals surface area contributed by atoms with E-state index < -0.39 is 18.8 Å². The van der Waals surface area contributed by atoms with E-state index in [-0.39, 0.29) is 29.8 Å². The van der Waals surface area contributed by atoms with Gasteiger partial charge in [0.25, 0.3) is 5.41 Å². The third-order valence-electron chi connectivity index (χ3n) is 4.79. The normalized spacial score (nSPS) is 15.4. The summed E-state index contributed by atoms with van der Waals surface area (Å²) in [7, 11) is -4.31. The smallest absolute Gasteiger partial charge is 0.375 e. The van der Waals surface area contributed by atoms with Crippen molar-refractivity contribution in [3.63, 3.8) is 0 Å². The molecule has 1 aromatic carbocycles. The monoisotopic (exact) mass is 442 g/mol. The molecule has 1 unspecified atom stereocenters. The zero-order chi connectivity index (χ0) is 23.5. The molecule has 0 aromatic heterocycles. The highest BCUT2D eigenvalue weighted by atomic mass is 31.2. The molecule has 5 nitrogen and oxygen atoms in total. The molecule has 7 heteroatoms. The number of aromatic hydroxyl groups is 1. The number of hydrogen-bond acceptors (Lipinski definition) is 5. The third-order valence-corrected chi connectivity index (χ3v) is 7.24. The predicted molar refractivity (Wildman–Crippen MR) is 120 cm³/mol. The van der Waals surface area contributed by atoms with E-state index in [1.807, 2.05) is 47.6 Å². The molecule has 0 amide bonds. The summed E-state index contributed by atoms with van der Waals surface area (Å²) in [6.45, 7) is 15.9. The summed E-state index contributed by atoms with van der Waals surface area (Å²) in [6, 6.07) is 3.72. The first-order chi connectivity index (χ1) is 13.5. The molecule has 1 N–H and O–H groups in total. The predicted octanol–water partition coefficient (Wildman–Crippen LogP) is 6.52. The standard InChI is InChI=1S/C23H36FO5P/c1-10-28-30(27,29-11-2)23(9,24)19(25)13-12-16-14-17(21(3,4)5)15-18(20(16)26)22(6,7)8/h12-15,26H,10-11H2,1-9H3/b13-12+. The van der Waals surface area contributed by atoms with Crippen LogP contribution in [0.4, 0.5) is 4.39 Å². The summed E-state index contributed by atoms with van der Waals surface area (Å²) in [5.74, 6) is -1.02. The van der Waals surface area contributed by atoms with Crippen LogP contribution in [0.1, 0.15) is 79.0 Å². The largest absolute Gasteiger partial charge is 0.507 e. The summed E-state index contributed by atoms with van der Waals surface area (Å²) in [5, 5.41) is 7.95. The van der Waals surface area contributed by atoms with Crippen molar-refractivity contribution in [2.45, 2.75) is 78.6 Å². The van der Waals surface area contributed by atoms with Crippen molar-refractivity contribution in [3.8, 4) is 5.75 Å². The van der Waals surface area contributed by atoms with Crippen molar-refractivity contribution in [2.24, 2.45) is 0 Å². The molecular weight excluding hydrogens is 406 g/mol. The number of hydrogen-bond donors (Lipinski definition) is 1. The molecule has 0 radical (unpaired) electrons. The lowest BCUT2D eigenvalue weighted by Crippen LogP contribution is -2.30. The van der Waals surface area contributed by atoms with Crippen LogP contribution < -0.4 is 0 Å². The fourth-order valence-corrected chi connectivity index (χ4v) is 4.44. The number of ketones is 1. The lowest BCUT2D eigenvalue weighted by atomic mass is 9.79. The zero-order valence-corrected chi connectivity index (χ0v) is 20.5. The Morgan fingerprint density at radius 1 is 1.03 bits per heavy atom. The van der Waals surface area contributed by atoms with Gasteiger partial charge < -0.3 is 14.2 Å². The van der Waals surface area contributed by atoms with Gasteiger partial charge in [0.1, 0.15) is 5.75 Å². The molecule has 30 heavy (non-hydrogen) atoms. The molecule has 0 bridgehead atoms. The fraction of sp³-hybridized carbons (Fsp3) is 0.609. The Hall–Kier alpha value is -1.49. The molecule has 0 saturated carbocycles. The molecule has 0 heterocycles. The highest BCUT2D eigenvalue weighted by molar-refractivity contribution is 7.56. The SMILES string of the molecule is CCOP(=O)(OCC)C(C)(F)C(=O)/C=C/c1cc(C(C)(C)C)cc(C(C)(C)C)c1O. The summed E-state index contributed by atoms with van der Waals surface area (Å²) >= 11 is 0. The minimum atomic E-state index is -4.31. The Balaban J connectivity index is 3.47. The van der Waals surface area contributed by atoms with E-state index in [0.29, 0.717) is 5.56 Å². The molecule has 170 valence electrons. The topological polar surface area (TPSA) is 72.8 Å². The first-order valence-electron chi connectivity index (χ1n) is 10.2. The van der Waals surface area contributed by atoms with E-state index in [1.54, 1.807) is 19.9 Å². The van der Waals surface area contributed by atoms with Gasteiger partial charge in [0.15, 0.2) is 0 Å². The van der Waals surface area contributed by atoms with Crippen LogP contribution in [0.5, 0.6) is 5.75 Å². The van der Waals surface area contributed by atoms with Gasteiger partial charge in [-0.15, -0.1) is 0 Å². The van der Waals surface area contributed by atoms with Crippen molar-refractivity contribution in [3.05, 3.63) is 34.9 Å². The Labute approximate surface area is 180 Å². The van der Waals surface area contributed by atoms with Crippen LogP contribution in [-0.4, -0.2) is 29.5 Å². The highest BCUT2D eigenvalue weighted by Gasteiger charge is 2.53. The van der Waals surface area contributed by atoms with Crippen LogP contribution in [0.3, 0.4) is 0 Å². The van der Waals surface area contributed by atoms with Gasteiger partial charge in [-0.05, 0) is 55.4 Å². The second-order valence-electron chi connectivity index (χ2n) is 9.45. The van der Waals surface area contributed by atoms with Crippen molar-refractivity contribution in [1.82, 2.24) is 0 Å². The molecule has 1 rings (SSSR count). The number of alkyl halides is 1. The van der Waals surface area contributed by atoms with Gasteiger partial charge in [0, 0.05) is 11.1 Å². The first-order valence-corrected chi connectivity index (χ1v) is 11.7. The molecule has 0 aliphatic rings. The quantitative estimate of drug-likeness (QED) is 0.366. The van der Waals surface area contributed by atoms with Crippen molar-refractivity contribution in [1.29, 1.82) is 0 Å². The second kappa shape index (κ2) is 9.33. The van der Waals surface area contributed by atoms with Crippen LogP contribution in [0, 0.1) is 0 Å². The molecule has 0 aliphatic carbocycles. The van der Waals surface area contributed by atoms with E-state index in [1.165, 1.54) is 6.08 Å². The Kier molecular flexibility index (Phi) is 8.26. The van der Waals surface area contributed by atoms with Crippen LogP contribution in [0.2, 0.25) is 0 Å². The Morgan fingerprint density at radius 3 is 1.93 bits per heavy atom. The Morgan fingerprint density at radius 2 is 1.53 bits per heavy atom. The number of benzene rings is 1. The molecule has 0 saturated heterocycles. The minimum Gasteiger partial charge on any atom is -0.507 e. The van der Waals surface area contributed by atoms with Crippen molar-refractivity contribution >= 4 is 19.5 Å². The molecule has 0 spiro atoms.